The minimum atomic E-state index is 0.0206. The lowest BCUT2D eigenvalue weighted by Gasteiger charge is -2.36. The second-order valence-corrected chi connectivity index (χ2v) is 5.67. The third-order valence-electron chi connectivity index (χ3n) is 3.70. The Morgan fingerprint density at radius 1 is 1.23 bits per heavy atom. The summed E-state index contributed by atoms with van der Waals surface area (Å²) < 4.78 is 5.25. The number of piperazine rings is 1. The number of hydrogen-bond acceptors (Lipinski definition) is 3. The molecular formula is C16H24ClN3O2. The van der Waals surface area contributed by atoms with Crippen LogP contribution in [0.2, 0.25) is 5.02 Å². The number of urea groups is 1. The van der Waals surface area contributed by atoms with E-state index in [1.807, 2.05) is 36.1 Å². The molecule has 0 saturated carbocycles. The van der Waals surface area contributed by atoms with Crippen LogP contribution in [0, 0.1) is 0 Å². The van der Waals surface area contributed by atoms with Gasteiger partial charge in [-0.15, -0.1) is 0 Å². The van der Waals surface area contributed by atoms with Crippen LogP contribution >= 0.6 is 11.6 Å². The largest absolute Gasteiger partial charge is 0.382 e. The Balaban J connectivity index is 1.70. The first-order valence-electron chi connectivity index (χ1n) is 7.81. The Labute approximate surface area is 137 Å². The normalized spacial score (nSPS) is 15.0. The fraction of sp³-hybridized carbons (Fsp3) is 0.562. The number of rotatable bonds is 6. The Hall–Kier alpha value is -1.46. The average molecular weight is 326 g/mol. The predicted octanol–water partition coefficient (Wildman–Crippen LogP) is 2.60. The molecule has 0 atom stereocenters. The molecule has 2 rings (SSSR count). The zero-order chi connectivity index (χ0) is 15.8. The number of carbonyl (C=O) groups is 1. The summed E-state index contributed by atoms with van der Waals surface area (Å²) in [6.07, 6.45) is 0.852. The second kappa shape index (κ2) is 8.86. The molecule has 1 aliphatic rings. The zero-order valence-corrected chi connectivity index (χ0v) is 13.8. The van der Waals surface area contributed by atoms with Crippen molar-refractivity contribution in [3.8, 4) is 0 Å². The van der Waals surface area contributed by atoms with Gasteiger partial charge >= 0.3 is 6.03 Å². The van der Waals surface area contributed by atoms with Gasteiger partial charge in [0.1, 0.15) is 0 Å². The third kappa shape index (κ3) is 5.07. The number of ether oxygens (including phenoxy) is 1. The maximum atomic E-state index is 12.1. The molecule has 2 amide bonds. The molecule has 122 valence electrons. The van der Waals surface area contributed by atoms with Crippen molar-refractivity contribution in [2.24, 2.45) is 0 Å². The number of anilines is 1. The monoisotopic (exact) mass is 325 g/mol. The van der Waals surface area contributed by atoms with Crippen molar-refractivity contribution < 1.29 is 9.53 Å². The van der Waals surface area contributed by atoms with E-state index in [1.165, 1.54) is 0 Å². The first-order chi connectivity index (χ1) is 10.7. The van der Waals surface area contributed by atoms with Gasteiger partial charge in [0.15, 0.2) is 0 Å². The molecule has 1 aliphatic heterocycles. The number of carbonyl (C=O) groups excluding carboxylic acids is 1. The van der Waals surface area contributed by atoms with Crippen molar-refractivity contribution in [1.29, 1.82) is 0 Å². The Morgan fingerprint density at radius 2 is 1.91 bits per heavy atom. The molecule has 1 aromatic rings. The highest BCUT2D eigenvalue weighted by Crippen LogP contribution is 2.19. The summed E-state index contributed by atoms with van der Waals surface area (Å²) in [5.74, 6) is 0. The predicted molar refractivity (Wildman–Crippen MR) is 89.7 cm³/mol. The summed E-state index contributed by atoms with van der Waals surface area (Å²) in [6.45, 7) is 7.21. The molecule has 0 unspecified atom stereocenters. The number of benzene rings is 1. The number of halogens is 1. The number of hydrogen-bond donors (Lipinski definition) is 1. The van der Waals surface area contributed by atoms with Gasteiger partial charge in [-0.2, -0.15) is 0 Å². The van der Waals surface area contributed by atoms with E-state index < -0.39 is 0 Å². The molecule has 1 N–H and O–H groups in total. The fourth-order valence-electron chi connectivity index (χ4n) is 2.45. The van der Waals surface area contributed by atoms with Crippen LogP contribution in [-0.4, -0.2) is 56.9 Å². The molecule has 1 fully saturated rings. The van der Waals surface area contributed by atoms with Gasteiger partial charge in [-0.3, -0.25) is 0 Å². The topological polar surface area (TPSA) is 44.8 Å². The number of nitrogens with zero attached hydrogens (tertiary/aromatic N) is 2. The summed E-state index contributed by atoms with van der Waals surface area (Å²) in [5.41, 5.74) is 1.15. The Morgan fingerprint density at radius 3 is 2.55 bits per heavy atom. The van der Waals surface area contributed by atoms with Crippen LogP contribution in [0.25, 0.3) is 0 Å². The van der Waals surface area contributed by atoms with Gasteiger partial charge in [0, 0.05) is 56.6 Å². The molecule has 1 heterocycles. The SMILES string of the molecule is CCOCCCNC(=O)N1CCN(c2ccc(Cl)cc2)CC1. The van der Waals surface area contributed by atoms with E-state index >= 15 is 0 Å². The third-order valence-corrected chi connectivity index (χ3v) is 3.96. The van der Waals surface area contributed by atoms with Crippen molar-refractivity contribution in [3.05, 3.63) is 29.3 Å². The summed E-state index contributed by atoms with van der Waals surface area (Å²) in [5, 5.41) is 3.69. The van der Waals surface area contributed by atoms with Crippen molar-refractivity contribution in [1.82, 2.24) is 10.2 Å². The van der Waals surface area contributed by atoms with E-state index in [0.29, 0.717) is 13.2 Å². The highest BCUT2D eigenvalue weighted by molar-refractivity contribution is 6.30. The van der Waals surface area contributed by atoms with Crippen LogP contribution in [-0.2, 0) is 4.74 Å². The van der Waals surface area contributed by atoms with E-state index in [2.05, 4.69) is 10.2 Å². The summed E-state index contributed by atoms with van der Waals surface area (Å²) >= 11 is 5.91. The first-order valence-corrected chi connectivity index (χ1v) is 8.19. The van der Waals surface area contributed by atoms with E-state index in [1.54, 1.807) is 0 Å². The van der Waals surface area contributed by atoms with Crippen LogP contribution < -0.4 is 10.2 Å². The number of amides is 2. The highest BCUT2D eigenvalue weighted by Gasteiger charge is 2.20. The molecule has 5 nitrogen and oxygen atoms in total. The van der Waals surface area contributed by atoms with Gasteiger partial charge in [-0.25, -0.2) is 4.79 Å². The van der Waals surface area contributed by atoms with E-state index in [9.17, 15) is 4.79 Å². The Kier molecular flexibility index (Phi) is 6.80. The van der Waals surface area contributed by atoms with Gasteiger partial charge in [0.2, 0.25) is 0 Å². The van der Waals surface area contributed by atoms with Crippen LogP contribution in [0.5, 0.6) is 0 Å². The van der Waals surface area contributed by atoms with Crippen molar-refractivity contribution in [3.63, 3.8) is 0 Å². The van der Waals surface area contributed by atoms with Crippen molar-refractivity contribution >= 4 is 23.3 Å². The lowest BCUT2D eigenvalue weighted by molar-refractivity contribution is 0.143. The molecule has 0 radical (unpaired) electrons. The first kappa shape index (κ1) is 16.9. The summed E-state index contributed by atoms with van der Waals surface area (Å²) in [4.78, 5) is 16.2. The quantitative estimate of drug-likeness (QED) is 0.818. The molecule has 0 spiro atoms. The minimum absolute atomic E-state index is 0.0206. The molecule has 0 aromatic heterocycles. The smallest absolute Gasteiger partial charge is 0.317 e. The van der Waals surface area contributed by atoms with Gasteiger partial charge in [0.25, 0.3) is 0 Å². The molecule has 0 bridgehead atoms. The van der Waals surface area contributed by atoms with Crippen LogP contribution in [0.4, 0.5) is 10.5 Å². The maximum absolute atomic E-state index is 12.1. The van der Waals surface area contributed by atoms with Gasteiger partial charge < -0.3 is 19.9 Å². The molecule has 6 heteroatoms. The molecule has 1 saturated heterocycles. The van der Waals surface area contributed by atoms with Crippen LogP contribution in [0.1, 0.15) is 13.3 Å². The van der Waals surface area contributed by atoms with Gasteiger partial charge in [-0.1, -0.05) is 11.6 Å². The molecule has 0 aliphatic carbocycles. The highest BCUT2D eigenvalue weighted by atomic mass is 35.5. The van der Waals surface area contributed by atoms with Gasteiger partial charge in [0.05, 0.1) is 0 Å². The lowest BCUT2D eigenvalue weighted by Crippen LogP contribution is -2.52. The lowest BCUT2D eigenvalue weighted by atomic mass is 10.2. The van der Waals surface area contributed by atoms with Crippen LogP contribution in [0.3, 0.4) is 0 Å². The fourth-order valence-corrected chi connectivity index (χ4v) is 2.57. The molecule has 22 heavy (non-hydrogen) atoms. The average Bonchev–Trinajstić information content (AvgIpc) is 2.55. The second-order valence-electron chi connectivity index (χ2n) is 5.23. The van der Waals surface area contributed by atoms with E-state index in [-0.39, 0.29) is 6.03 Å². The van der Waals surface area contributed by atoms with Gasteiger partial charge in [-0.05, 0) is 37.6 Å². The summed E-state index contributed by atoms with van der Waals surface area (Å²) in [6, 6.07) is 7.85. The van der Waals surface area contributed by atoms with E-state index in [4.69, 9.17) is 16.3 Å². The van der Waals surface area contributed by atoms with Crippen LogP contribution in [0.15, 0.2) is 24.3 Å². The molecular weight excluding hydrogens is 302 g/mol. The minimum Gasteiger partial charge on any atom is -0.382 e. The molecule has 1 aromatic carbocycles. The Bertz CT molecular complexity index is 459. The number of nitrogens with one attached hydrogen (secondary N) is 1. The van der Waals surface area contributed by atoms with Crippen molar-refractivity contribution in [2.45, 2.75) is 13.3 Å². The standard InChI is InChI=1S/C16H24ClN3O2/c1-2-22-13-3-8-18-16(21)20-11-9-19(10-12-20)15-6-4-14(17)5-7-15/h4-7H,2-3,8-13H2,1H3,(H,18,21). The van der Waals surface area contributed by atoms with E-state index in [0.717, 1.165) is 49.9 Å². The maximum Gasteiger partial charge on any atom is 0.317 e. The zero-order valence-electron chi connectivity index (χ0n) is 13.1. The summed E-state index contributed by atoms with van der Waals surface area (Å²) in [7, 11) is 0. The van der Waals surface area contributed by atoms with Crippen molar-refractivity contribution in [2.75, 3.05) is 50.8 Å².